The molecule has 1 saturated heterocycles. The molecule has 1 aromatic carbocycles. The van der Waals surface area contributed by atoms with Crippen LogP contribution in [0.3, 0.4) is 0 Å². The number of aromatic nitrogens is 1. The average Bonchev–Trinajstić information content (AvgIpc) is 3.22. The highest BCUT2D eigenvalue weighted by Gasteiger charge is 2.34. The second-order valence-electron chi connectivity index (χ2n) is 6.17. The lowest BCUT2D eigenvalue weighted by atomic mass is 10.0. The van der Waals surface area contributed by atoms with E-state index in [2.05, 4.69) is 10.5 Å². The highest BCUT2D eigenvalue weighted by atomic mass is 16.5. The van der Waals surface area contributed by atoms with Crippen molar-refractivity contribution in [3.05, 3.63) is 41.3 Å². The van der Waals surface area contributed by atoms with E-state index in [1.54, 1.807) is 0 Å². The van der Waals surface area contributed by atoms with Gasteiger partial charge in [-0.2, -0.15) is 0 Å². The maximum absolute atomic E-state index is 12.9. The summed E-state index contributed by atoms with van der Waals surface area (Å²) in [5.74, 6) is 1.56. The van der Waals surface area contributed by atoms with Crippen molar-refractivity contribution >= 4 is 11.7 Å². The topological polar surface area (TPSA) is 67.6 Å². The SMILES string of the molecule is CCOc1ccccc1NC(=O)N1CCCC1c1c(C)noc1CC. The molecule has 1 aliphatic rings. The zero-order valence-electron chi connectivity index (χ0n) is 15.0. The van der Waals surface area contributed by atoms with Crippen molar-refractivity contribution in [1.29, 1.82) is 0 Å². The summed E-state index contributed by atoms with van der Waals surface area (Å²) in [6.45, 7) is 7.19. The van der Waals surface area contributed by atoms with Crippen LogP contribution < -0.4 is 10.1 Å². The van der Waals surface area contributed by atoms with Gasteiger partial charge in [-0.25, -0.2) is 4.79 Å². The van der Waals surface area contributed by atoms with Gasteiger partial charge in [0.2, 0.25) is 0 Å². The maximum Gasteiger partial charge on any atom is 0.322 e. The predicted octanol–water partition coefficient (Wildman–Crippen LogP) is 4.31. The van der Waals surface area contributed by atoms with Gasteiger partial charge >= 0.3 is 6.03 Å². The third-order valence-electron chi connectivity index (χ3n) is 4.58. The van der Waals surface area contributed by atoms with Crippen molar-refractivity contribution in [3.8, 4) is 5.75 Å². The molecule has 1 aromatic heterocycles. The van der Waals surface area contributed by atoms with Gasteiger partial charge in [0.15, 0.2) is 0 Å². The molecule has 1 unspecified atom stereocenters. The van der Waals surface area contributed by atoms with Gasteiger partial charge in [0.1, 0.15) is 11.5 Å². The van der Waals surface area contributed by atoms with E-state index in [0.717, 1.165) is 42.8 Å². The Balaban J connectivity index is 1.81. The molecule has 25 heavy (non-hydrogen) atoms. The van der Waals surface area contributed by atoms with E-state index in [1.165, 1.54) is 0 Å². The Kier molecular flexibility index (Phi) is 5.26. The average molecular weight is 343 g/mol. The number of anilines is 1. The molecular formula is C19H25N3O3. The number of hydrogen-bond acceptors (Lipinski definition) is 4. The third-order valence-corrected chi connectivity index (χ3v) is 4.58. The summed E-state index contributed by atoms with van der Waals surface area (Å²) in [5.41, 5.74) is 2.63. The van der Waals surface area contributed by atoms with Crippen LogP contribution in [0.1, 0.15) is 49.7 Å². The van der Waals surface area contributed by atoms with Crippen LogP contribution in [0.5, 0.6) is 5.75 Å². The van der Waals surface area contributed by atoms with Crippen molar-refractivity contribution < 1.29 is 14.1 Å². The fourth-order valence-corrected chi connectivity index (χ4v) is 3.45. The smallest absolute Gasteiger partial charge is 0.322 e. The Bertz CT molecular complexity index is 741. The Labute approximate surface area is 148 Å². The second kappa shape index (κ2) is 7.59. The zero-order valence-corrected chi connectivity index (χ0v) is 15.0. The quantitative estimate of drug-likeness (QED) is 0.878. The van der Waals surface area contributed by atoms with Crippen molar-refractivity contribution in [2.75, 3.05) is 18.5 Å². The van der Waals surface area contributed by atoms with Crippen LogP contribution in [-0.2, 0) is 6.42 Å². The van der Waals surface area contributed by atoms with Crippen LogP contribution >= 0.6 is 0 Å². The summed E-state index contributed by atoms with van der Waals surface area (Å²) < 4.78 is 11.0. The van der Waals surface area contributed by atoms with Crippen molar-refractivity contribution in [1.82, 2.24) is 10.1 Å². The minimum Gasteiger partial charge on any atom is -0.492 e. The maximum atomic E-state index is 12.9. The van der Waals surface area contributed by atoms with Gasteiger partial charge in [-0.1, -0.05) is 24.2 Å². The number of urea groups is 1. The molecule has 2 aromatic rings. The summed E-state index contributed by atoms with van der Waals surface area (Å²) in [6, 6.07) is 7.40. The van der Waals surface area contributed by atoms with Gasteiger partial charge in [-0.3, -0.25) is 0 Å². The van der Waals surface area contributed by atoms with Crippen molar-refractivity contribution in [3.63, 3.8) is 0 Å². The molecule has 1 atom stereocenters. The van der Waals surface area contributed by atoms with Crippen molar-refractivity contribution in [2.24, 2.45) is 0 Å². The lowest BCUT2D eigenvalue weighted by Gasteiger charge is -2.25. The molecule has 1 aliphatic heterocycles. The molecule has 2 amide bonds. The van der Waals surface area contributed by atoms with Gasteiger partial charge in [0.05, 0.1) is 24.0 Å². The number of aryl methyl sites for hydroxylation is 2. The highest BCUT2D eigenvalue weighted by molar-refractivity contribution is 5.91. The lowest BCUT2D eigenvalue weighted by molar-refractivity contribution is 0.206. The van der Waals surface area contributed by atoms with E-state index < -0.39 is 0 Å². The minimum absolute atomic E-state index is 0.0143. The molecule has 6 nitrogen and oxygen atoms in total. The van der Waals surface area contributed by atoms with E-state index in [0.29, 0.717) is 18.0 Å². The summed E-state index contributed by atoms with van der Waals surface area (Å²) >= 11 is 0. The molecule has 1 N–H and O–H groups in total. The van der Waals surface area contributed by atoms with Gasteiger partial charge in [-0.05, 0) is 38.8 Å². The van der Waals surface area contributed by atoms with Gasteiger partial charge in [0, 0.05) is 18.5 Å². The number of para-hydroxylation sites is 2. The summed E-state index contributed by atoms with van der Waals surface area (Å²) in [4.78, 5) is 14.8. The Morgan fingerprint density at radius 3 is 2.96 bits per heavy atom. The number of nitrogens with one attached hydrogen (secondary N) is 1. The van der Waals surface area contributed by atoms with Crippen LogP contribution in [0.15, 0.2) is 28.8 Å². The van der Waals surface area contributed by atoms with Crippen LogP contribution in [0, 0.1) is 6.92 Å². The first-order valence-corrected chi connectivity index (χ1v) is 8.90. The predicted molar refractivity (Wildman–Crippen MR) is 95.9 cm³/mol. The molecule has 0 aliphatic carbocycles. The second-order valence-corrected chi connectivity index (χ2v) is 6.17. The molecule has 1 fully saturated rings. The third kappa shape index (κ3) is 3.48. The number of rotatable bonds is 5. The number of hydrogen-bond donors (Lipinski definition) is 1. The summed E-state index contributed by atoms with van der Waals surface area (Å²) in [6.07, 6.45) is 2.67. The first-order chi connectivity index (χ1) is 12.2. The number of likely N-dealkylation sites (tertiary alicyclic amines) is 1. The number of nitrogens with zero attached hydrogens (tertiary/aromatic N) is 2. The molecule has 134 valence electrons. The summed E-state index contributed by atoms with van der Waals surface area (Å²) in [5, 5.41) is 7.09. The first kappa shape index (κ1) is 17.3. The number of carbonyl (C=O) groups is 1. The number of ether oxygens (including phenoxy) is 1. The zero-order chi connectivity index (χ0) is 17.8. The van der Waals surface area contributed by atoms with Crippen LogP contribution in [0.4, 0.5) is 10.5 Å². The molecule has 0 saturated carbocycles. The van der Waals surface area contributed by atoms with E-state index in [1.807, 2.05) is 49.9 Å². The molecule has 0 bridgehead atoms. The Morgan fingerprint density at radius 2 is 2.20 bits per heavy atom. The van der Waals surface area contributed by atoms with E-state index >= 15 is 0 Å². The molecule has 3 rings (SSSR count). The highest BCUT2D eigenvalue weighted by Crippen LogP contribution is 2.36. The van der Waals surface area contributed by atoms with Crippen LogP contribution in [-0.4, -0.2) is 29.2 Å². The van der Waals surface area contributed by atoms with Gasteiger partial charge in [0.25, 0.3) is 0 Å². The number of amides is 2. The molecule has 2 heterocycles. The van der Waals surface area contributed by atoms with Crippen LogP contribution in [0.2, 0.25) is 0 Å². The molecule has 6 heteroatoms. The Morgan fingerprint density at radius 1 is 1.40 bits per heavy atom. The number of benzene rings is 1. The Hall–Kier alpha value is -2.50. The molecule has 0 spiro atoms. The van der Waals surface area contributed by atoms with Gasteiger partial charge in [-0.15, -0.1) is 0 Å². The van der Waals surface area contributed by atoms with E-state index in [-0.39, 0.29) is 12.1 Å². The van der Waals surface area contributed by atoms with Gasteiger partial charge < -0.3 is 19.5 Å². The van der Waals surface area contributed by atoms with E-state index in [4.69, 9.17) is 9.26 Å². The summed E-state index contributed by atoms with van der Waals surface area (Å²) in [7, 11) is 0. The number of carbonyl (C=O) groups excluding carboxylic acids is 1. The van der Waals surface area contributed by atoms with E-state index in [9.17, 15) is 4.79 Å². The minimum atomic E-state index is -0.114. The van der Waals surface area contributed by atoms with Crippen LogP contribution in [0.25, 0.3) is 0 Å². The monoisotopic (exact) mass is 343 g/mol. The molecule has 0 radical (unpaired) electrons. The fourth-order valence-electron chi connectivity index (χ4n) is 3.45. The lowest BCUT2D eigenvalue weighted by Crippen LogP contribution is -2.35. The standard InChI is InChI=1S/C19H25N3O3/c1-4-16-18(13(3)21-25-16)15-10-8-12-22(15)19(23)20-14-9-6-7-11-17(14)24-5-2/h6-7,9,11,15H,4-5,8,10,12H2,1-3H3,(H,20,23). The molecular weight excluding hydrogens is 318 g/mol. The normalized spacial score (nSPS) is 16.9. The largest absolute Gasteiger partial charge is 0.492 e. The fraction of sp³-hybridized carbons (Fsp3) is 0.474. The first-order valence-electron chi connectivity index (χ1n) is 8.90. The van der Waals surface area contributed by atoms with Crippen molar-refractivity contribution in [2.45, 2.75) is 46.1 Å².